The predicted octanol–water partition coefficient (Wildman–Crippen LogP) is 1.22. The van der Waals surface area contributed by atoms with E-state index in [1.807, 2.05) is 19.1 Å². The van der Waals surface area contributed by atoms with Crippen LogP contribution in [0.1, 0.15) is 30.9 Å². The summed E-state index contributed by atoms with van der Waals surface area (Å²) in [6, 6.07) is 5.65. The zero-order valence-electron chi connectivity index (χ0n) is 12.8. The highest BCUT2D eigenvalue weighted by Gasteiger charge is 2.25. The van der Waals surface area contributed by atoms with Gasteiger partial charge in [0.15, 0.2) is 0 Å². The molecule has 1 heterocycles. The number of nitrogens with two attached hydrogens (primary N) is 1. The maximum atomic E-state index is 12.5. The normalized spacial score (nSPS) is 20.0. The molecule has 1 fully saturated rings. The Balaban J connectivity index is 2.11. The first-order chi connectivity index (χ1) is 9.97. The molecule has 6 heteroatoms. The van der Waals surface area contributed by atoms with Crippen molar-refractivity contribution in [3.63, 3.8) is 0 Å². The van der Waals surface area contributed by atoms with Gasteiger partial charge >= 0.3 is 0 Å². The first kappa shape index (κ1) is 16.4. The van der Waals surface area contributed by atoms with E-state index in [0.717, 1.165) is 37.1 Å². The SMILES string of the molecule is CCN1CCCC1CNS(=O)(=O)c1cc(CN)ccc1C. The number of hydrogen-bond acceptors (Lipinski definition) is 4. The number of likely N-dealkylation sites (N-methyl/N-ethyl adjacent to an activating group) is 1. The monoisotopic (exact) mass is 311 g/mol. The van der Waals surface area contributed by atoms with E-state index in [0.29, 0.717) is 24.0 Å². The summed E-state index contributed by atoms with van der Waals surface area (Å²) in [5.74, 6) is 0. The van der Waals surface area contributed by atoms with Gasteiger partial charge in [-0.05, 0) is 50.0 Å². The van der Waals surface area contributed by atoms with Crippen molar-refractivity contribution < 1.29 is 8.42 Å². The summed E-state index contributed by atoms with van der Waals surface area (Å²) in [7, 11) is -3.47. The number of nitrogens with one attached hydrogen (secondary N) is 1. The van der Waals surface area contributed by atoms with Crippen LogP contribution in [0.15, 0.2) is 23.1 Å². The van der Waals surface area contributed by atoms with Crippen LogP contribution in [0, 0.1) is 6.92 Å². The summed E-state index contributed by atoms with van der Waals surface area (Å²) < 4.78 is 27.8. The maximum Gasteiger partial charge on any atom is 0.240 e. The van der Waals surface area contributed by atoms with Crippen molar-refractivity contribution in [2.75, 3.05) is 19.6 Å². The van der Waals surface area contributed by atoms with Gasteiger partial charge in [0, 0.05) is 19.1 Å². The van der Waals surface area contributed by atoms with Crippen molar-refractivity contribution >= 4 is 10.0 Å². The molecule has 1 aliphatic heterocycles. The molecule has 0 saturated carbocycles. The van der Waals surface area contributed by atoms with Crippen LogP contribution in [0.3, 0.4) is 0 Å². The molecule has 1 unspecified atom stereocenters. The van der Waals surface area contributed by atoms with Gasteiger partial charge in [-0.25, -0.2) is 13.1 Å². The molecule has 0 bridgehead atoms. The Morgan fingerprint density at radius 3 is 2.86 bits per heavy atom. The van der Waals surface area contributed by atoms with E-state index in [1.54, 1.807) is 6.07 Å². The van der Waals surface area contributed by atoms with E-state index in [1.165, 1.54) is 0 Å². The lowest BCUT2D eigenvalue weighted by molar-refractivity contribution is 0.268. The third kappa shape index (κ3) is 3.83. The summed E-state index contributed by atoms with van der Waals surface area (Å²) in [5.41, 5.74) is 7.18. The van der Waals surface area contributed by atoms with Crippen LogP contribution in [0.5, 0.6) is 0 Å². The highest BCUT2D eigenvalue weighted by molar-refractivity contribution is 7.89. The van der Waals surface area contributed by atoms with Gasteiger partial charge < -0.3 is 5.73 Å². The lowest BCUT2D eigenvalue weighted by Crippen LogP contribution is -2.40. The first-order valence-corrected chi connectivity index (χ1v) is 8.99. The summed E-state index contributed by atoms with van der Waals surface area (Å²) >= 11 is 0. The quantitative estimate of drug-likeness (QED) is 0.828. The Kier molecular flexibility index (Phi) is 5.37. The molecule has 0 aliphatic carbocycles. The highest BCUT2D eigenvalue weighted by Crippen LogP contribution is 2.19. The minimum atomic E-state index is -3.47. The van der Waals surface area contributed by atoms with Crippen LogP contribution >= 0.6 is 0 Å². The second kappa shape index (κ2) is 6.87. The smallest absolute Gasteiger partial charge is 0.240 e. The molecule has 2 rings (SSSR count). The second-order valence-corrected chi connectivity index (χ2v) is 7.32. The van der Waals surface area contributed by atoms with Crippen molar-refractivity contribution in [3.8, 4) is 0 Å². The Bertz CT molecular complexity index is 587. The van der Waals surface area contributed by atoms with Crippen LogP contribution in [0.25, 0.3) is 0 Å². The molecule has 118 valence electrons. The Morgan fingerprint density at radius 2 is 2.19 bits per heavy atom. The van der Waals surface area contributed by atoms with Crippen molar-refractivity contribution in [1.29, 1.82) is 0 Å². The first-order valence-electron chi connectivity index (χ1n) is 7.51. The molecule has 1 aliphatic rings. The van der Waals surface area contributed by atoms with E-state index in [-0.39, 0.29) is 0 Å². The van der Waals surface area contributed by atoms with Crippen molar-refractivity contribution in [3.05, 3.63) is 29.3 Å². The minimum Gasteiger partial charge on any atom is -0.326 e. The number of likely N-dealkylation sites (tertiary alicyclic amines) is 1. The van der Waals surface area contributed by atoms with Gasteiger partial charge in [-0.3, -0.25) is 4.90 Å². The van der Waals surface area contributed by atoms with Crippen LogP contribution in [-0.2, 0) is 16.6 Å². The molecular weight excluding hydrogens is 286 g/mol. The minimum absolute atomic E-state index is 0.308. The number of aryl methyl sites for hydroxylation is 1. The third-order valence-electron chi connectivity index (χ3n) is 4.19. The second-order valence-electron chi connectivity index (χ2n) is 5.58. The lowest BCUT2D eigenvalue weighted by atomic mass is 10.1. The van der Waals surface area contributed by atoms with Crippen molar-refractivity contribution in [2.45, 2.75) is 44.2 Å². The number of hydrogen-bond donors (Lipinski definition) is 2. The highest BCUT2D eigenvalue weighted by atomic mass is 32.2. The van der Waals surface area contributed by atoms with Gasteiger partial charge in [-0.1, -0.05) is 19.1 Å². The molecule has 3 N–H and O–H groups in total. The topological polar surface area (TPSA) is 75.4 Å². The van der Waals surface area contributed by atoms with Gasteiger partial charge in [-0.15, -0.1) is 0 Å². The van der Waals surface area contributed by atoms with Gasteiger partial charge in [0.1, 0.15) is 0 Å². The molecule has 0 amide bonds. The molecule has 1 atom stereocenters. The largest absolute Gasteiger partial charge is 0.326 e. The number of sulfonamides is 1. The molecule has 1 saturated heterocycles. The Morgan fingerprint density at radius 1 is 1.43 bits per heavy atom. The zero-order valence-corrected chi connectivity index (χ0v) is 13.6. The Labute approximate surface area is 127 Å². The van der Waals surface area contributed by atoms with Crippen LogP contribution in [0.4, 0.5) is 0 Å². The average molecular weight is 311 g/mol. The maximum absolute atomic E-state index is 12.5. The van der Waals surface area contributed by atoms with E-state index < -0.39 is 10.0 Å². The summed E-state index contributed by atoms with van der Waals surface area (Å²) in [6.45, 7) is 6.76. The molecule has 0 aromatic heterocycles. The Hall–Kier alpha value is -0.950. The summed E-state index contributed by atoms with van der Waals surface area (Å²) in [6.07, 6.45) is 2.19. The van der Waals surface area contributed by atoms with Crippen LogP contribution in [-0.4, -0.2) is 39.0 Å². The van der Waals surface area contributed by atoms with Gasteiger partial charge in [0.25, 0.3) is 0 Å². The zero-order chi connectivity index (χ0) is 15.5. The van der Waals surface area contributed by atoms with E-state index in [9.17, 15) is 8.42 Å². The fraction of sp³-hybridized carbons (Fsp3) is 0.600. The third-order valence-corrected chi connectivity index (χ3v) is 5.76. The number of benzene rings is 1. The van der Waals surface area contributed by atoms with Gasteiger partial charge in [0.2, 0.25) is 10.0 Å². The molecular formula is C15H25N3O2S. The number of rotatable bonds is 6. The number of nitrogens with zero attached hydrogens (tertiary/aromatic N) is 1. The predicted molar refractivity (Wildman–Crippen MR) is 84.5 cm³/mol. The average Bonchev–Trinajstić information content (AvgIpc) is 2.93. The standard InChI is InChI=1S/C15H25N3O2S/c1-3-18-8-4-5-14(18)11-17-21(19,20)15-9-13(10-16)7-6-12(15)2/h6-7,9,14,17H,3-5,8,10-11,16H2,1-2H3. The van der Waals surface area contributed by atoms with E-state index >= 15 is 0 Å². The molecule has 1 aromatic carbocycles. The van der Waals surface area contributed by atoms with Crippen LogP contribution in [0.2, 0.25) is 0 Å². The van der Waals surface area contributed by atoms with E-state index in [2.05, 4.69) is 16.5 Å². The fourth-order valence-electron chi connectivity index (χ4n) is 2.89. The van der Waals surface area contributed by atoms with Crippen molar-refractivity contribution in [2.24, 2.45) is 5.73 Å². The van der Waals surface area contributed by atoms with Gasteiger partial charge in [0.05, 0.1) is 4.90 Å². The molecule has 0 radical (unpaired) electrons. The summed E-state index contributed by atoms with van der Waals surface area (Å²) in [4.78, 5) is 2.66. The van der Waals surface area contributed by atoms with Crippen molar-refractivity contribution in [1.82, 2.24) is 9.62 Å². The van der Waals surface area contributed by atoms with Gasteiger partial charge in [-0.2, -0.15) is 0 Å². The summed E-state index contributed by atoms with van der Waals surface area (Å²) in [5, 5.41) is 0. The molecule has 21 heavy (non-hydrogen) atoms. The molecule has 0 spiro atoms. The lowest BCUT2D eigenvalue weighted by Gasteiger charge is -2.23. The van der Waals surface area contributed by atoms with Crippen LogP contribution < -0.4 is 10.5 Å². The fourth-order valence-corrected chi connectivity index (χ4v) is 4.25. The molecule has 5 nitrogen and oxygen atoms in total. The van der Waals surface area contributed by atoms with E-state index in [4.69, 9.17) is 5.73 Å². The molecule has 1 aromatic rings.